The molecule has 0 radical (unpaired) electrons. The van der Waals surface area contributed by atoms with E-state index in [2.05, 4.69) is 15.4 Å². The SMILES string of the molecule is O=c1c2cccnc2nc(-c2ccc(F)cc2)n1NCc1ccc(F)c(F)c1. The molecule has 0 bridgehead atoms. The van der Waals surface area contributed by atoms with Gasteiger partial charge in [-0.05, 0) is 54.1 Å². The highest BCUT2D eigenvalue weighted by molar-refractivity contribution is 5.76. The van der Waals surface area contributed by atoms with E-state index in [4.69, 9.17) is 0 Å². The molecule has 0 atom stereocenters. The van der Waals surface area contributed by atoms with Gasteiger partial charge >= 0.3 is 0 Å². The standard InChI is InChI=1S/C20H13F3N4O/c21-14-6-4-13(5-7-14)19-26-18-15(2-1-9-24-18)20(28)27(19)25-11-12-3-8-16(22)17(23)10-12/h1-10,25H,11H2. The molecular formula is C20H13F3N4O. The molecule has 28 heavy (non-hydrogen) atoms. The molecule has 0 unspecified atom stereocenters. The third-order valence-corrected chi connectivity index (χ3v) is 4.17. The van der Waals surface area contributed by atoms with Crippen LogP contribution in [0.2, 0.25) is 0 Å². The van der Waals surface area contributed by atoms with E-state index in [1.165, 1.54) is 41.2 Å². The fraction of sp³-hybridized carbons (Fsp3) is 0.0500. The number of nitrogens with zero attached hydrogens (tertiary/aromatic N) is 3. The molecule has 1 N–H and O–H groups in total. The van der Waals surface area contributed by atoms with E-state index in [1.54, 1.807) is 12.1 Å². The molecule has 0 saturated carbocycles. The lowest BCUT2D eigenvalue weighted by molar-refractivity contribution is 0.507. The highest BCUT2D eigenvalue weighted by atomic mass is 19.2. The van der Waals surface area contributed by atoms with Crippen LogP contribution in [0.5, 0.6) is 0 Å². The van der Waals surface area contributed by atoms with Crippen molar-refractivity contribution in [2.75, 3.05) is 5.43 Å². The summed E-state index contributed by atoms with van der Waals surface area (Å²) < 4.78 is 41.1. The molecule has 0 aliphatic heterocycles. The van der Waals surface area contributed by atoms with E-state index in [0.717, 1.165) is 12.1 Å². The van der Waals surface area contributed by atoms with Gasteiger partial charge in [0.2, 0.25) is 0 Å². The molecule has 4 rings (SSSR count). The number of pyridine rings is 1. The fourth-order valence-electron chi connectivity index (χ4n) is 2.78. The van der Waals surface area contributed by atoms with Gasteiger partial charge in [0.1, 0.15) is 5.82 Å². The van der Waals surface area contributed by atoms with Gasteiger partial charge in [0.05, 0.1) is 11.9 Å². The van der Waals surface area contributed by atoms with Crippen LogP contribution in [0.15, 0.2) is 65.6 Å². The molecule has 2 aromatic carbocycles. The van der Waals surface area contributed by atoms with Crippen molar-refractivity contribution in [1.82, 2.24) is 14.6 Å². The number of aromatic nitrogens is 3. The second-order valence-electron chi connectivity index (χ2n) is 6.04. The van der Waals surface area contributed by atoms with Gasteiger partial charge in [-0.15, -0.1) is 0 Å². The quantitative estimate of drug-likeness (QED) is 0.586. The summed E-state index contributed by atoms with van der Waals surface area (Å²) in [4.78, 5) is 21.5. The Morgan fingerprint density at radius 1 is 0.964 bits per heavy atom. The van der Waals surface area contributed by atoms with Crippen molar-refractivity contribution in [2.45, 2.75) is 6.54 Å². The largest absolute Gasteiger partial charge is 0.317 e. The second-order valence-corrected chi connectivity index (χ2v) is 6.04. The number of halogens is 3. The van der Waals surface area contributed by atoms with Gasteiger partial charge in [0.15, 0.2) is 23.1 Å². The lowest BCUT2D eigenvalue weighted by Crippen LogP contribution is -2.31. The van der Waals surface area contributed by atoms with Gasteiger partial charge in [-0.2, -0.15) is 0 Å². The number of rotatable bonds is 4. The van der Waals surface area contributed by atoms with Crippen LogP contribution < -0.4 is 11.0 Å². The summed E-state index contributed by atoms with van der Waals surface area (Å²) >= 11 is 0. The Labute approximate surface area is 157 Å². The Bertz CT molecular complexity index is 1220. The van der Waals surface area contributed by atoms with Gasteiger partial charge in [0.25, 0.3) is 5.56 Å². The molecule has 0 aliphatic rings. The lowest BCUT2D eigenvalue weighted by Gasteiger charge is -2.15. The highest BCUT2D eigenvalue weighted by Crippen LogP contribution is 2.18. The number of hydrogen-bond donors (Lipinski definition) is 1. The Balaban J connectivity index is 1.81. The first-order chi connectivity index (χ1) is 13.5. The van der Waals surface area contributed by atoms with Gasteiger partial charge in [-0.3, -0.25) is 4.79 Å². The van der Waals surface area contributed by atoms with E-state index in [9.17, 15) is 18.0 Å². The van der Waals surface area contributed by atoms with Crippen molar-refractivity contribution < 1.29 is 13.2 Å². The van der Waals surface area contributed by atoms with Gasteiger partial charge in [0, 0.05) is 11.8 Å². The maximum atomic E-state index is 13.4. The Hall–Kier alpha value is -3.68. The van der Waals surface area contributed by atoms with E-state index in [0.29, 0.717) is 11.1 Å². The molecule has 8 heteroatoms. The normalized spacial score (nSPS) is 11.0. The predicted octanol–water partition coefficient (Wildman–Crippen LogP) is 3.62. The molecule has 5 nitrogen and oxygen atoms in total. The minimum atomic E-state index is -0.980. The van der Waals surface area contributed by atoms with Crippen LogP contribution in [-0.4, -0.2) is 14.6 Å². The first-order valence-electron chi connectivity index (χ1n) is 8.34. The summed E-state index contributed by atoms with van der Waals surface area (Å²) in [6.07, 6.45) is 1.52. The number of hydrogen-bond acceptors (Lipinski definition) is 4. The number of fused-ring (bicyclic) bond motifs is 1. The van der Waals surface area contributed by atoms with E-state index >= 15 is 0 Å². The van der Waals surface area contributed by atoms with Crippen molar-refractivity contribution in [2.24, 2.45) is 0 Å². The van der Waals surface area contributed by atoms with Crippen LogP contribution in [0.3, 0.4) is 0 Å². The average Bonchev–Trinajstić information content (AvgIpc) is 2.70. The highest BCUT2D eigenvalue weighted by Gasteiger charge is 2.14. The van der Waals surface area contributed by atoms with Gasteiger partial charge in [-0.25, -0.2) is 27.8 Å². The van der Waals surface area contributed by atoms with Crippen molar-refractivity contribution >= 4 is 11.0 Å². The number of nitrogens with one attached hydrogen (secondary N) is 1. The fourth-order valence-corrected chi connectivity index (χ4v) is 2.78. The van der Waals surface area contributed by atoms with Gasteiger partial charge in [-0.1, -0.05) is 6.07 Å². The summed E-state index contributed by atoms with van der Waals surface area (Å²) in [5.41, 5.74) is 3.63. The van der Waals surface area contributed by atoms with Crippen LogP contribution in [-0.2, 0) is 6.54 Å². The monoisotopic (exact) mass is 382 g/mol. The minimum absolute atomic E-state index is 0.0404. The molecule has 2 aromatic heterocycles. The maximum Gasteiger partial charge on any atom is 0.281 e. The zero-order valence-electron chi connectivity index (χ0n) is 14.4. The summed E-state index contributed by atoms with van der Waals surface area (Å²) in [6.45, 7) is 0.0404. The van der Waals surface area contributed by atoms with Crippen LogP contribution in [0.4, 0.5) is 13.2 Å². The van der Waals surface area contributed by atoms with Crippen LogP contribution in [0, 0.1) is 17.5 Å². The predicted molar refractivity (Wildman–Crippen MR) is 98.6 cm³/mol. The smallest absolute Gasteiger partial charge is 0.281 e. The summed E-state index contributed by atoms with van der Waals surface area (Å²) in [5.74, 6) is -2.14. The maximum absolute atomic E-state index is 13.4. The van der Waals surface area contributed by atoms with Crippen molar-refractivity contribution in [1.29, 1.82) is 0 Å². The minimum Gasteiger partial charge on any atom is -0.317 e. The van der Waals surface area contributed by atoms with E-state index in [-0.39, 0.29) is 23.4 Å². The van der Waals surface area contributed by atoms with Crippen molar-refractivity contribution in [3.8, 4) is 11.4 Å². The number of benzene rings is 2. The molecule has 0 fully saturated rings. The zero-order chi connectivity index (χ0) is 19.7. The summed E-state index contributed by atoms with van der Waals surface area (Å²) in [5, 5.41) is 0.283. The first kappa shape index (κ1) is 17.7. The Morgan fingerprint density at radius 3 is 2.50 bits per heavy atom. The molecule has 4 aromatic rings. The van der Waals surface area contributed by atoms with Crippen LogP contribution in [0.25, 0.3) is 22.4 Å². The first-order valence-corrected chi connectivity index (χ1v) is 8.34. The Morgan fingerprint density at radius 2 is 1.75 bits per heavy atom. The topological polar surface area (TPSA) is 59.8 Å². The van der Waals surface area contributed by atoms with Gasteiger partial charge < -0.3 is 5.43 Å². The molecule has 140 valence electrons. The lowest BCUT2D eigenvalue weighted by atomic mass is 10.2. The molecule has 0 saturated heterocycles. The Kier molecular flexibility index (Phi) is 4.52. The van der Waals surface area contributed by atoms with E-state index in [1.807, 2.05) is 0 Å². The molecule has 0 amide bonds. The molecule has 0 spiro atoms. The third-order valence-electron chi connectivity index (χ3n) is 4.17. The zero-order valence-corrected chi connectivity index (χ0v) is 14.4. The van der Waals surface area contributed by atoms with E-state index < -0.39 is 23.0 Å². The summed E-state index contributed by atoms with van der Waals surface area (Å²) in [7, 11) is 0. The van der Waals surface area contributed by atoms with Crippen LogP contribution in [0.1, 0.15) is 5.56 Å². The molecule has 0 aliphatic carbocycles. The van der Waals surface area contributed by atoms with Crippen molar-refractivity contribution in [3.05, 3.63) is 94.2 Å². The molecule has 2 heterocycles. The second kappa shape index (κ2) is 7.15. The third kappa shape index (κ3) is 3.32. The summed E-state index contributed by atoms with van der Waals surface area (Å²) in [6, 6.07) is 12.1. The molecular weight excluding hydrogens is 369 g/mol. The van der Waals surface area contributed by atoms with Crippen LogP contribution >= 0.6 is 0 Å². The van der Waals surface area contributed by atoms with Crippen molar-refractivity contribution in [3.63, 3.8) is 0 Å². The average molecular weight is 382 g/mol.